The van der Waals surface area contributed by atoms with E-state index in [1.807, 2.05) is 36.8 Å². The Morgan fingerprint density at radius 3 is 2.83 bits per heavy atom. The fraction of sp³-hybridized carbons (Fsp3) is 0.273. The third-order valence-corrected chi connectivity index (χ3v) is 5.48. The molecule has 1 aliphatic carbocycles. The summed E-state index contributed by atoms with van der Waals surface area (Å²) in [5.41, 5.74) is 3.08. The Balaban J connectivity index is 1.37. The van der Waals surface area contributed by atoms with E-state index in [0.717, 1.165) is 18.4 Å². The first kappa shape index (κ1) is 17.6. The maximum absolute atomic E-state index is 12.9. The van der Waals surface area contributed by atoms with Crippen LogP contribution in [0, 0.1) is 0 Å². The molecule has 2 atom stereocenters. The lowest BCUT2D eigenvalue weighted by Crippen LogP contribution is -2.39. The third-order valence-electron chi connectivity index (χ3n) is 5.48. The number of carbonyl (C=O) groups excluding carboxylic acids is 1. The van der Waals surface area contributed by atoms with Gasteiger partial charge < -0.3 is 24.7 Å². The number of imidazole rings is 1. The predicted octanol–water partition coefficient (Wildman–Crippen LogP) is 3.70. The summed E-state index contributed by atoms with van der Waals surface area (Å²) in [6, 6.07) is 13.4. The van der Waals surface area contributed by atoms with Gasteiger partial charge in [-0.2, -0.15) is 0 Å². The van der Waals surface area contributed by atoms with Crippen LogP contribution in [-0.2, 0) is 6.42 Å². The number of nitrogens with one attached hydrogen (secondary N) is 2. The topological polar surface area (TPSA) is 77.4 Å². The summed E-state index contributed by atoms with van der Waals surface area (Å²) in [5.74, 6) is 1.34. The molecule has 7 heteroatoms. The highest BCUT2D eigenvalue weighted by Crippen LogP contribution is 2.38. The number of hydrogen-bond acceptors (Lipinski definition) is 4. The SMILES string of the molecule is O=C(Nc1ccc2c(c1)OCCO2)N[C@@H]1c2ccccc2CC[C@H]1n1ccnc1. The number of hydrogen-bond donors (Lipinski definition) is 2. The van der Waals surface area contributed by atoms with Crippen molar-refractivity contribution in [1.82, 2.24) is 14.9 Å². The maximum Gasteiger partial charge on any atom is 0.319 e. The highest BCUT2D eigenvalue weighted by atomic mass is 16.6. The van der Waals surface area contributed by atoms with Crippen molar-refractivity contribution >= 4 is 11.7 Å². The van der Waals surface area contributed by atoms with E-state index >= 15 is 0 Å². The molecule has 0 unspecified atom stereocenters. The van der Waals surface area contributed by atoms with Crippen LogP contribution in [0.1, 0.15) is 29.6 Å². The largest absolute Gasteiger partial charge is 0.486 e. The smallest absolute Gasteiger partial charge is 0.319 e. The highest BCUT2D eigenvalue weighted by molar-refractivity contribution is 5.90. The zero-order valence-electron chi connectivity index (χ0n) is 15.9. The molecular weight excluding hydrogens is 368 g/mol. The first-order valence-electron chi connectivity index (χ1n) is 9.80. The number of ether oxygens (including phenoxy) is 2. The Kier molecular flexibility index (Phi) is 4.56. The maximum atomic E-state index is 12.9. The standard InChI is InChI=1S/C22H22N4O3/c27-22(24-16-6-8-19-20(13-16)29-12-11-28-19)25-21-17-4-2-1-3-15(17)5-7-18(21)26-10-9-23-14-26/h1-4,6,8-10,13-14,18,21H,5,7,11-12H2,(H2,24,25,27)/t18-,21-/m1/s1. The lowest BCUT2D eigenvalue weighted by molar-refractivity contribution is 0.171. The van der Waals surface area contributed by atoms with Crippen LogP contribution >= 0.6 is 0 Å². The van der Waals surface area contributed by atoms with Gasteiger partial charge in [-0.3, -0.25) is 0 Å². The Bertz CT molecular complexity index is 1020. The number of benzene rings is 2. The molecule has 0 bridgehead atoms. The van der Waals surface area contributed by atoms with Crippen LogP contribution in [0.3, 0.4) is 0 Å². The van der Waals surface area contributed by atoms with Crippen LogP contribution in [0.15, 0.2) is 61.2 Å². The van der Waals surface area contributed by atoms with Crippen molar-refractivity contribution in [3.05, 3.63) is 72.3 Å². The summed E-state index contributed by atoms with van der Waals surface area (Å²) in [6.07, 6.45) is 7.44. The van der Waals surface area contributed by atoms with Crippen molar-refractivity contribution in [1.29, 1.82) is 0 Å². The second-order valence-electron chi connectivity index (χ2n) is 7.25. The van der Waals surface area contributed by atoms with Gasteiger partial charge in [-0.15, -0.1) is 0 Å². The van der Waals surface area contributed by atoms with Gasteiger partial charge in [-0.25, -0.2) is 9.78 Å². The zero-order valence-corrected chi connectivity index (χ0v) is 15.9. The Morgan fingerprint density at radius 2 is 1.97 bits per heavy atom. The van der Waals surface area contributed by atoms with Crippen LogP contribution in [0.25, 0.3) is 0 Å². The molecule has 2 aromatic carbocycles. The van der Waals surface area contributed by atoms with Crippen molar-refractivity contribution in [3.63, 3.8) is 0 Å². The molecular formula is C22H22N4O3. The zero-order chi connectivity index (χ0) is 19.6. The second-order valence-corrected chi connectivity index (χ2v) is 7.25. The summed E-state index contributed by atoms with van der Waals surface area (Å²) in [5, 5.41) is 6.10. The van der Waals surface area contributed by atoms with Gasteiger partial charge in [-0.1, -0.05) is 24.3 Å². The van der Waals surface area contributed by atoms with Crippen molar-refractivity contribution in [2.24, 2.45) is 0 Å². The van der Waals surface area contributed by atoms with Gasteiger partial charge in [0, 0.05) is 24.1 Å². The fourth-order valence-electron chi connectivity index (χ4n) is 4.13. The molecule has 2 heterocycles. The number of urea groups is 1. The number of amides is 2. The first-order chi connectivity index (χ1) is 14.3. The van der Waals surface area contributed by atoms with Gasteiger partial charge in [0.1, 0.15) is 13.2 Å². The third kappa shape index (κ3) is 3.51. The minimum absolute atomic E-state index is 0.110. The summed E-state index contributed by atoms with van der Waals surface area (Å²) < 4.78 is 13.2. The normalized spacial score (nSPS) is 19.9. The molecule has 0 radical (unpaired) electrons. The molecule has 0 saturated heterocycles. The number of rotatable bonds is 3. The van der Waals surface area contributed by atoms with Gasteiger partial charge in [0.25, 0.3) is 0 Å². The van der Waals surface area contributed by atoms with Gasteiger partial charge in [0.2, 0.25) is 0 Å². The molecule has 2 aliphatic rings. The van der Waals surface area contributed by atoms with Crippen LogP contribution in [0.2, 0.25) is 0 Å². The molecule has 1 aromatic heterocycles. The van der Waals surface area contributed by atoms with E-state index in [-0.39, 0.29) is 18.1 Å². The number of aryl methyl sites for hydroxylation is 1. The summed E-state index contributed by atoms with van der Waals surface area (Å²) in [4.78, 5) is 17.0. The molecule has 0 spiro atoms. The summed E-state index contributed by atoms with van der Waals surface area (Å²) in [6.45, 7) is 1.05. The molecule has 0 saturated carbocycles. The van der Waals surface area contributed by atoms with Crippen molar-refractivity contribution in [2.75, 3.05) is 18.5 Å². The summed E-state index contributed by atoms with van der Waals surface area (Å²) >= 11 is 0. The summed E-state index contributed by atoms with van der Waals surface area (Å²) in [7, 11) is 0. The molecule has 0 fully saturated rings. The van der Waals surface area contributed by atoms with Crippen LogP contribution < -0.4 is 20.1 Å². The number of aromatic nitrogens is 2. The van der Waals surface area contributed by atoms with Gasteiger partial charge in [-0.05, 0) is 36.1 Å². The lowest BCUT2D eigenvalue weighted by Gasteiger charge is -2.35. The Labute approximate surface area is 168 Å². The predicted molar refractivity (Wildman–Crippen MR) is 108 cm³/mol. The Hall–Kier alpha value is -3.48. The monoisotopic (exact) mass is 390 g/mol. The fourth-order valence-corrected chi connectivity index (χ4v) is 4.13. The van der Waals surface area contributed by atoms with E-state index in [4.69, 9.17) is 9.47 Å². The van der Waals surface area contributed by atoms with Crippen LogP contribution in [-0.4, -0.2) is 28.8 Å². The molecule has 2 amide bonds. The number of anilines is 1. The molecule has 3 aromatic rings. The van der Waals surface area contributed by atoms with E-state index in [2.05, 4.69) is 32.3 Å². The lowest BCUT2D eigenvalue weighted by atomic mass is 9.84. The van der Waals surface area contributed by atoms with Crippen LogP contribution in [0.5, 0.6) is 11.5 Å². The van der Waals surface area contributed by atoms with E-state index in [0.29, 0.717) is 30.4 Å². The van der Waals surface area contributed by atoms with Gasteiger partial charge in [0.05, 0.1) is 18.4 Å². The second kappa shape index (κ2) is 7.50. The quantitative estimate of drug-likeness (QED) is 0.715. The average Bonchev–Trinajstić information content (AvgIpc) is 3.28. The van der Waals surface area contributed by atoms with Crippen molar-refractivity contribution in [2.45, 2.75) is 24.9 Å². The van der Waals surface area contributed by atoms with Gasteiger partial charge in [0.15, 0.2) is 11.5 Å². The van der Waals surface area contributed by atoms with E-state index in [1.165, 1.54) is 5.56 Å². The molecule has 148 valence electrons. The van der Waals surface area contributed by atoms with E-state index in [9.17, 15) is 4.79 Å². The van der Waals surface area contributed by atoms with Crippen molar-refractivity contribution < 1.29 is 14.3 Å². The number of carbonyl (C=O) groups is 1. The van der Waals surface area contributed by atoms with E-state index < -0.39 is 0 Å². The molecule has 7 nitrogen and oxygen atoms in total. The highest BCUT2D eigenvalue weighted by Gasteiger charge is 2.31. The molecule has 2 N–H and O–H groups in total. The van der Waals surface area contributed by atoms with Crippen LogP contribution in [0.4, 0.5) is 10.5 Å². The number of fused-ring (bicyclic) bond motifs is 2. The van der Waals surface area contributed by atoms with E-state index in [1.54, 1.807) is 12.3 Å². The van der Waals surface area contributed by atoms with Gasteiger partial charge >= 0.3 is 6.03 Å². The minimum Gasteiger partial charge on any atom is -0.486 e. The molecule has 29 heavy (non-hydrogen) atoms. The first-order valence-corrected chi connectivity index (χ1v) is 9.80. The Morgan fingerprint density at radius 1 is 1.10 bits per heavy atom. The average molecular weight is 390 g/mol. The number of nitrogens with zero attached hydrogens (tertiary/aromatic N) is 2. The van der Waals surface area contributed by atoms with Crippen molar-refractivity contribution in [3.8, 4) is 11.5 Å². The molecule has 5 rings (SSSR count). The minimum atomic E-state index is -0.256. The molecule has 1 aliphatic heterocycles.